The largest absolute Gasteiger partial charge is 0.495 e. The number of methoxy groups -OCH3 is 1. The molecule has 3 aromatic carbocycles. The molecule has 0 unspecified atom stereocenters. The van der Waals surface area contributed by atoms with Crippen molar-refractivity contribution in [3.63, 3.8) is 0 Å². The highest BCUT2D eigenvalue weighted by molar-refractivity contribution is 6.39. The maximum absolute atomic E-state index is 13.0. The van der Waals surface area contributed by atoms with Gasteiger partial charge in [0, 0.05) is 5.02 Å². The molecular weight excluding hydrogens is 498 g/mol. The van der Waals surface area contributed by atoms with Gasteiger partial charge in [-0.15, -0.1) is 0 Å². The zero-order valence-electron chi connectivity index (χ0n) is 19.9. The summed E-state index contributed by atoms with van der Waals surface area (Å²) in [6.45, 7) is 1.55. The fraction of sp³-hybridized carbons (Fsp3) is 0.111. The number of barbiturate groups is 1. The molecule has 0 spiro atoms. The molecule has 0 aliphatic carbocycles. The minimum Gasteiger partial charge on any atom is -0.495 e. The number of nitrogens with zero attached hydrogens (tertiary/aromatic N) is 1. The molecule has 1 aliphatic heterocycles. The Balaban J connectivity index is 1.44. The van der Waals surface area contributed by atoms with Gasteiger partial charge in [0.1, 0.15) is 17.1 Å². The van der Waals surface area contributed by atoms with Gasteiger partial charge in [-0.1, -0.05) is 41.9 Å². The summed E-state index contributed by atoms with van der Waals surface area (Å²) in [6, 6.07) is 17.3. The van der Waals surface area contributed by atoms with Gasteiger partial charge in [-0.2, -0.15) is 0 Å². The highest BCUT2D eigenvalue weighted by Gasteiger charge is 2.36. The van der Waals surface area contributed by atoms with Crippen molar-refractivity contribution in [1.29, 1.82) is 0 Å². The number of rotatable bonds is 7. The smallest absolute Gasteiger partial charge is 0.335 e. The van der Waals surface area contributed by atoms with E-state index in [9.17, 15) is 19.2 Å². The highest BCUT2D eigenvalue weighted by atomic mass is 35.5. The van der Waals surface area contributed by atoms with Crippen LogP contribution in [0.15, 0.2) is 72.3 Å². The van der Waals surface area contributed by atoms with Crippen LogP contribution in [0.2, 0.25) is 5.02 Å². The van der Waals surface area contributed by atoms with E-state index in [0.29, 0.717) is 27.8 Å². The number of hydrogen-bond donors (Lipinski definition) is 2. The number of hydrogen-bond acceptors (Lipinski definition) is 6. The Labute approximate surface area is 217 Å². The fourth-order valence-corrected chi connectivity index (χ4v) is 3.70. The number of carbonyl (C=O) groups is 4. The monoisotopic (exact) mass is 519 g/mol. The average Bonchev–Trinajstić information content (AvgIpc) is 2.88. The molecule has 0 bridgehead atoms. The first kappa shape index (κ1) is 25.5. The van der Waals surface area contributed by atoms with E-state index in [0.717, 1.165) is 10.5 Å². The van der Waals surface area contributed by atoms with Gasteiger partial charge in [-0.3, -0.25) is 19.7 Å². The van der Waals surface area contributed by atoms with Gasteiger partial charge in [0.25, 0.3) is 17.7 Å². The van der Waals surface area contributed by atoms with Crippen LogP contribution in [0.5, 0.6) is 11.5 Å². The van der Waals surface area contributed by atoms with Gasteiger partial charge in [0.15, 0.2) is 6.61 Å². The van der Waals surface area contributed by atoms with Crippen molar-refractivity contribution in [1.82, 2.24) is 5.32 Å². The summed E-state index contributed by atoms with van der Waals surface area (Å²) >= 11 is 6.14. The molecule has 0 radical (unpaired) electrons. The van der Waals surface area contributed by atoms with E-state index >= 15 is 0 Å². The molecule has 1 fully saturated rings. The summed E-state index contributed by atoms with van der Waals surface area (Å²) in [6.07, 6.45) is 1.37. The van der Waals surface area contributed by atoms with Gasteiger partial charge >= 0.3 is 6.03 Å². The van der Waals surface area contributed by atoms with E-state index in [1.807, 2.05) is 0 Å². The molecule has 0 aromatic heterocycles. The quantitative estimate of drug-likeness (QED) is 0.354. The Morgan fingerprint density at radius 2 is 1.78 bits per heavy atom. The van der Waals surface area contributed by atoms with Gasteiger partial charge in [-0.05, 0) is 60.5 Å². The molecule has 0 atom stereocenters. The topological polar surface area (TPSA) is 114 Å². The molecule has 1 saturated heterocycles. The van der Waals surface area contributed by atoms with Crippen molar-refractivity contribution in [2.45, 2.75) is 6.92 Å². The van der Waals surface area contributed by atoms with E-state index in [2.05, 4.69) is 10.6 Å². The fourth-order valence-electron chi connectivity index (χ4n) is 3.52. The lowest BCUT2D eigenvalue weighted by Gasteiger charge is -2.26. The van der Waals surface area contributed by atoms with Crippen LogP contribution in [-0.2, 0) is 14.4 Å². The van der Waals surface area contributed by atoms with Crippen LogP contribution in [0.25, 0.3) is 6.08 Å². The number of benzene rings is 3. The Hall–Kier alpha value is -4.63. The van der Waals surface area contributed by atoms with Crippen molar-refractivity contribution in [2.24, 2.45) is 0 Å². The van der Waals surface area contributed by atoms with Crippen LogP contribution in [0.4, 0.5) is 16.2 Å². The number of amides is 5. The van der Waals surface area contributed by atoms with Crippen molar-refractivity contribution in [3.8, 4) is 11.5 Å². The van der Waals surface area contributed by atoms with Crippen molar-refractivity contribution < 1.29 is 28.7 Å². The second-order valence-electron chi connectivity index (χ2n) is 8.00. The lowest BCUT2D eigenvalue weighted by Crippen LogP contribution is -2.54. The second-order valence-corrected chi connectivity index (χ2v) is 8.40. The zero-order chi connectivity index (χ0) is 26.5. The summed E-state index contributed by atoms with van der Waals surface area (Å²) in [5.74, 6) is -1.02. The lowest BCUT2D eigenvalue weighted by atomic mass is 10.1. The zero-order valence-corrected chi connectivity index (χ0v) is 20.7. The maximum atomic E-state index is 13.0. The van der Waals surface area contributed by atoms with E-state index in [1.54, 1.807) is 67.6 Å². The Kier molecular flexibility index (Phi) is 7.55. The standard InChI is InChI=1S/C27H22ClN3O6/c1-16-7-10-18(14-21(16)28)31-26(34)20(25(33)30-27(31)35)13-17-8-11-19(12-9-17)37-15-24(32)29-22-5-3-4-6-23(22)36-2/h3-14H,15H2,1-2H3,(H,29,32)(H,30,33,35)/b20-13+. The van der Waals surface area contributed by atoms with E-state index in [1.165, 1.54) is 19.3 Å². The molecule has 4 rings (SSSR count). The van der Waals surface area contributed by atoms with Crippen LogP contribution in [0.3, 0.4) is 0 Å². The van der Waals surface area contributed by atoms with Crippen LogP contribution >= 0.6 is 11.6 Å². The summed E-state index contributed by atoms with van der Waals surface area (Å²) in [4.78, 5) is 50.9. The third-order valence-electron chi connectivity index (χ3n) is 5.46. The molecule has 188 valence electrons. The minimum absolute atomic E-state index is 0.221. The van der Waals surface area contributed by atoms with Gasteiger partial charge in [-0.25, -0.2) is 9.69 Å². The molecule has 37 heavy (non-hydrogen) atoms. The molecule has 1 heterocycles. The van der Waals surface area contributed by atoms with Crippen LogP contribution in [0, 0.1) is 6.92 Å². The summed E-state index contributed by atoms with van der Waals surface area (Å²) in [5.41, 5.74) is 1.84. The molecule has 3 aromatic rings. The average molecular weight is 520 g/mol. The summed E-state index contributed by atoms with van der Waals surface area (Å²) in [5, 5.41) is 5.27. The molecular formula is C27H22ClN3O6. The predicted octanol–water partition coefficient (Wildman–Crippen LogP) is 4.34. The number of para-hydroxylation sites is 2. The number of urea groups is 1. The number of ether oxygens (including phenoxy) is 2. The maximum Gasteiger partial charge on any atom is 0.335 e. The molecule has 10 heteroatoms. The second kappa shape index (κ2) is 11.0. The van der Waals surface area contributed by atoms with E-state index < -0.39 is 17.8 Å². The number of carbonyl (C=O) groups excluding carboxylic acids is 4. The Morgan fingerprint density at radius 1 is 1.05 bits per heavy atom. The first-order valence-corrected chi connectivity index (χ1v) is 11.5. The normalized spacial score (nSPS) is 14.4. The summed E-state index contributed by atoms with van der Waals surface area (Å²) < 4.78 is 10.7. The molecule has 0 saturated carbocycles. The number of anilines is 2. The summed E-state index contributed by atoms with van der Waals surface area (Å²) in [7, 11) is 1.51. The van der Waals surface area contributed by atoms with Crippen LogP contribution < -0.4 is 25.0 Å². The molecule has 5 amide bonds. The first-order chi connectivity index (χ1) is 17.8. The number of nitrogens with one attached hydrogen (secondary N) is 2. The third-order valence-corrected chi connectivity index (χ3v) is 5.86. The SMILES string of the molecule is COc1ccccc1NC(=O)COc1ccc(/C=C2\C(=O)NC(=O)N(c3ccc(C)c(Cl)c3)C2=O)cc1. The number of aryl methyl sites for hydroxylation is 1. The third kappa shape index (κ3) is 5.79. The van der Waals surface area contributed by atoms with Gasteiger partial charge in [0.2, 0.25) is 0 Å². The first-order valence-electron chi connectivity index (χ1n) is 11.1. The van der Waals surface area contributed by atoms with Crippen LogP contribution in [-0.4, -0.2) is 37.5 Å². The van der Waals surface area contributed by atoms with E-state index in [4.69, 9.17) is 21.1 Å². The predicted molar refractivity (Wildman–Crippen MR) is 139 cm³/mol. The van der Waals surface area contributed by atoms with Crippen molar-refractivity contribution in [2.75, 3.05) is 23.9 Å². The molecule has 2 N–H and O–H groups in total. The van der Waals surface area contributed by atoms with Crippen molar-refractivity contribution >= 4 is 52.8 Å². The van der Waals surface area contributed by atoms with Crippen LogP contribution in [0.1, 0.15) is 11.1 Å². The highest BCUT2D eigenvalue weighted by Crippen LogP contribution is 2.27. The Morgan fingerprint density at radius 3 is 2.49 bits per heavy atom. The van der Waals surface area contributed by atoms with E-state index in [-0.39, 0.29) is 23.8 Å². The lowest BCUT2D eigenvalue weighted by molar-refractivity contribution is -0.122. The van der Waals surface area contributed by atoms with Crippen molar-refractivity contribution in [3.05, 3.63) is 88.5 Å². The molecule has 1 aliphatic rings. The van der Waals surface area contributed by atoms with Gasteiger partial charge < -0.3 is 14.8 Å². The van der Waals surface area contributed by atoms with Gasteiger partial charge in [0.05, 0.1) is 18.5 Å². The minimum atomic E-state index is -0.859. The molecule has 9 nitrogen and oxygen atoms in total. The number of imide groups is 2. The number of halogens is 1. The Bertz CT molecular complexity index is 1420.